The van der Waals surface area contributed by atoms with Gasteiger partial charge in [0.1, 0.15) is 0 Å². The molecule has 0 atom stereocenters. The van der Waals surface area contributed by atoms with E-state index in [0.29, 0.717) is 0 Å². The SMILES string of the molecule is CCC1=[C-]CC=C1.[Fe]. The van der Waals surface area contributed by atoms with Gasteiger partial charge >= 0.3 is 0 Å². The van der Waals surface area contributed by atoms with Gasteiger partial charge in [0, 0.05) is 17.1 Å². The largest absolute Gasteiger partial charge is 0.270 e. The van der Waals surface area contributed by atoms with Gasteiger partial charge in [-0.3, -0.25) is 6.08 Å². The molecule has 0 spiro atoms. The minimum atomic E-state index is 0. The Bertz CT molecular complexity index is 112. The minimum absolute atomic E-state index is 0. The quantitative estimate of drug-likeness (QED) is 0.395. The molecule has 0 saturated heterocycles. The molecule has 0 fully saturated rings. The van der Waals surface area contributed by atoms with Crippen molar-refractivity contribution in [1.29, 1.82) is 0 Å². The summed E-state index contributed by atoms with van der Waals surface area (Å²) in [5.41, 5.74) is 1.36. The Labute approximate surface area is 61.1 Å². The van der Waals surface area contributed by atoms with E-state index < -0.39 is 0 Å². The molecule has 8 heavy (non-hydrogen) atoms. The van der Waals surface area contributed by atoms with E-state index in [1.54, 1.807) is 0 Å². The van der Waals surface area contributed by atoms with Crippen LogP contribution in [-0.4, -0.2) is 0 Å². The van der Waals surface area contributed by atoms with Gasteiger partial charge in [0.25, 0.3) is 0 Å². The first-order chi connectivity index (χ1) is 3.43. The maximum Gasteiger partial charge on any atom is 0 e. The van der Waals surface area contributed by atoms with Crippen LogP contribution in [0.5, 0.6) is 0 Å². The van der Waals surface area contributed by atoms with Gasteiger partial charge in [-0.2, -0.15) is 6.08 Å². The van der Waals surface area contributed by atoms with Gasteiger partial charge in [-0.15, -0.1) is 6.42 Å². The third-order valence-electron chi connectivity index (χ3n) is 1.15. The molecule has 1 rings (SSSR count). The zero-order valence-electron chi connectivity index (χ0n) is 4.92. The average molecular weight is 149 g/mol. The molecule has 0 aromatic rings. The van der Waals surface area contributed by atoms with Crippen LogP contribution in [0.15, 0.2) is 17.7 Å². The Balaban J connectivity index is 0.000000490. The van der Waals surface area contributed by atoms with Crippen LogP contribution in [0.3, 0.4) is 0 Å². The van der Waals surface area contributed by atoms with E-state index in [1.165, 1.54) is 5.57 Å². The Hall–Kier alpha value is -0.000519. The second-order valence-corrected chi connectivity index (χ2v) is 1.66. The van der Waals surface area contributed by atoms with E-state index >= 15 is 0 Å². The van der Waals surface area contributed by atoms with Crippen molar-refractivity contribution in [3.8, 4) is 0 Å². The first kappa shape index (κ1) is 8.00. The Kier molecular flexibility index (Phi) is 3.94. The second kappa shape index (κ2) is 3.94. The Morgan fingerprint density at radius 2 is 2.50 bits per heavy atom. The van der Waals surface area contributed by atoms with Crippen molar-refractivity contribution in [1.82, 2.24) is 0 Å². The second-order valence-electron chi connectivity index (χ2n) is 1.66. The maximum absolute atomic E-state index is 3.21. The molecule has 46 valence electrons. The summed E-state index contributed by atoms with van der Waals surface area (Å²) in [6.45, 7) is 2.15. The summed E-state index contributed by atoms with van der Waals surface area (Å²) in [6, 6.07) is 0. The normalized spacial score (nSPS) is 15.4. The summed E-state index contributed by atoms with van der Waals surface area (Å²) in [5, 5.41) is 0. The van der Waals surface area contributed by atoms with Crippen molar-refractivity contribution in [2.45, 2.75) is 19.8 Å². The van der Waals surface area contributed by atoms with E-state index in [4.69, 9.17) is 0 Å². The fourth-order valence-corrected chi connectivity index (χ4v) is 0.693. The predicted molar refractivity (Wildman–Crippen MR) is 30.8 cm³/mol. The van der Waals surface area contributed by atoms with Crippen LogP contribution in [0.1, 0.15) is 19.8 Å². The maximum atomic E-state index is 3.21. The molecule has 1 heteroatoms. The third kappa shape index (κ3) is 1.85. The van der Waals surface area contributed by atoms with Crippen LogP contribution in [-0.2, 0) is 17.1 Å². The molecule has 0 radical (unpaired) electrons. The fourth-order valence-electron chi connectivity index (χ4n) is 0.693. The van der Waals surface area contributed by atoms with Crippen LogP contribution in [0.25, 0.3) is 0 Å². The van der Waals surface area contributed by atoms with E-state index in [-0.39, 0.29) is 17.1 Å². The van der Waals surface area contributed by atoms with Crippen molar-refractivity contribution < 1.29 is 17.1 Å². The van der Waals surface area contributed by atoms with Crippen molar-refractivity contribution in [2.75, 3.05) is 0 Å². The summed E-state index contributed by atoms with van der Waals surface area (Å²) in [6.07, 6.45) is 9.65. The van der Waals surface area contributed by atoms with Crippen molar-refractivity contribution in [3.63, 3.8) is 0 Å². The molecule has 0 amide bonds. The Morgan fingerprint density at radius 1 is 1.75 bits per heavy atom. The van der Waals surface area contributed by atoms with Gasteiger partial charge in [-0.1, -0.05) is 13.3 Å². The molecule has 0 N–H and O–H groups in total. The monoisotopic (exact) mass is 149 g/mol. The molecule has 0 nitrogen and oxygen atoms in total. The molecule has 0 saturated carbocycles. The van der Waals surface area contributed by atoms with Crippen LogP contribution in [0, 0.1) is 6.08 Å². The Morgan fingerprint density at radius 3 is 2.75 bits per heavy atom. The van der Waals surface area contributed by atoms with E-state index in [2.05, 4.69) is 25.2 Å². The van der Waals surface area contributed by atoms with Gasteiger partial charge in [0.2, 0.25) is 0 Å². The number of rotatable bonds is 1. The standard InChI is InChI=1S/C7H9.Fe/c1-2-7-5-3-4-6-7;/h3,5H,2,4H2,1H3;/q-1;. The van der Waals surface area contributed by atoms with Gasteiger partial charge in [0.15, 0.2) is 0 Å². The van der Waals surface area contributed by atoms with Gasteiger partial charge in [-0.25, -0.2) is 11.6 Å². The van der Waals surface area contributed by atoms with Gasteiger partial charge in [-0.05, 0) is 0 Å². The number of allylic oxidation sites excluding steroid dienone is 4. The van der Waals surface area contributed by atoms with Crippen LogP contribution in [0.4, 0.5) is 0 Å². The topological polar surface area (TPSA) is 0 Å². The van der Waals surface area contributed by atoms with E-state index in [0.717, 1.165) is 12.8 Å². The molecule has 0 aliphatic heterocycles. The van der Waals surface area contributed by atoms with Gasteiger partial charge in [0.05, 0.1) is 0 Å². The molecule has 1 aliphatic carbocycles. The van der Waals surface area contributed by atoms with Gasteiger partial charge < -0.3 is 0 Å². The van der Waals surface area contributed by atoms with Crippen LogP contribution in [0.2, 0.25) is 0 Å². The van der Waals surface area contributed by atoms with E-state index in [1.807, 2.05) is 0 Å². The predicted octanol–water partition coefficient (Wildman–Crippen LogP) is 2.08. The summed E-state index contributed by atoms with van der Waals surface area (Å²) >= 11 is 0. The third-order valence-corrected chi connectivity index (χ3v) is 1.15. The molecule has 0 unspecified atom stereocenters. The summed E-state index contributed by atoms with van der Waals surface area (Å²) in [5.74, 6) is 0. The molecule has 0 aromatic carbocycles. The number of hydrogen-bond acceptors (Lipinski definition) is 0. The van der Waals surface area contributed by atoms with E-state index in [9.17, 15) is 0 Å². The molecular formula is C7H9Fe-. The first-order valence-corrected chi connectivity index (χ1v) is 2.69. The summed E-state index contributed by atoms with van der Waals surface area (Å²) in [4.78, 5) is 0. The van der Waals surface area contributed by atoms with Crippen LogP contribution < -0.4 is 0 Å². The molecular weight excluding hydrogens is 140 g/mol. The summed E-state index contributed by atoms with van der Waals surface area (Å²) in [7, 11) is 0. The minimum Gasteiger partial charge on any atom is -0.270 e. The van der Waals surface area contributed by atoms with Crippen molar-refractivity contribution in [3.05, 3.63) is 23.8 Å². The van der Waals surface area contributed by atoms with Crippen LogP contribution >= 0.6 is 0 Å². The smallest absolute Gasteiger partial charge is 0 e. The fraction of sp³-hybridized carbons (Fsp3) is 0.429. The molecule has 0 aromatic heterocycles. The number of hydrogen-bond donors (Lipinski definition) is 0. The first-order valence-electron chi connectivity index (χ1n) is 2.69. The van der Waals surface area contributed by atoms with Crippen molar-refractivity contribution in [2.24, 2.45) is 0 Å². The molecule has 0 bridgehead atoms. The molecule has 1 aliphatic rings. The average Bonchev–Trinajstić information content (AvgIpc) is 2.14. The zero-order valence-corrected chi connectivity index (χ0v) is 6.03. The summed E-state index contributed by atoms with van der Waals surface area (Å²) < 4.78 is 0. The van der Waals surface area contributed by atoms with Crippen molar-refractivity contribution >= 4 is 0 Å². The molecule has 0 heterocycles. The zero-order chi connectivity index (χ0) is 5.11.